The minimum atomic E-state index is -0.477. The van der Waals surface area contributed by atoms with Gasteiger partial charge in [-0.2, -0.15) is 0 Å². The third-order valence-corrected chi connectivity index (χ3v) is 4.82. The maximum Gasteiger partial charge on any atom is 0.269 e. The number of fused-ring (bicyclic) bond motifs is 1. The molecule has 0 radical (unpaired) electrons. The summed E-state index contributed by atoms with van der Waals surface area (Å²) in [6.45, 7) is 0.109. The molecule has 2 aromatic heterocycles. The fourth-order valence-electron chi connectivity index (χ4n) is 2.53. The third-order valence-electron chi connectivity index (χ3n) is 3.87. The second-order valence-electron chi connectivity index (χ2n) is 5.98. The molecule has 0 atom stereocenters. The summed E-state index contributed by atoms with van der Waals surface area (Å²) in [5.41, 5.74) is 1.35. The van der Waals surface area contributed by atoms with Gasteiger partial charge in [-0.05, 0) is 24.3 Å². The van der Waals surface area contributed by atoms with Crippen molar-refractivity contribution in [2.24, 2.45) is 0 Å². The van der Waals surface area contributed by atoms with Crippen LogP contribution in [0.25, 0.3) is 10.2 Å². The van der Waals surface area contributed by atoms with Crippen LogP contribution in [0.2, 0.25) is 0 Å². The first-order valence-corrected chi connectivity index (χ1v) is 9.30. The summed E-state index contributed by atoms with van der Waals surface area (Å²) >= 11 is 1.40. The number of para-hydroxylation sites is 1. The minimum Gasteiger partial charge on any atom is -0.487 e. The number of non-ortho nitro benzene ring substituents is 1. The van der Waals surface area contributed by atoms with Gasteiger partial charge in [-0.1, -0.05) is 28.7 Å². The predicted molar refractivity (Wildman–Crippen MR) is 106 cm³/mol. The number of ether oxygens (including phenoxy) is 1. The number of hydrogen-bond acceptors (Lipinski definition) is 8. The van der Waals surface area contributed by atoms with Crippen molar-refractivity contribution in [1.82, 2.24) is 20.0 Å². The maximum absolute atomic E-state index is 12.2. The summed E-state index contributed by atoms with van der Waals surface area (Å²) in [6, 6.07) is 13.4. The quantitative estimate of drug-likeness (QED) is 0.367. The van der Waals surface area contributed by atoms with Crippen LogP contribution >= 0.6 is 11.3 Å². The fourth-order valence-corrected chi connectivity index (χ4v) is 3.42. The largest absolute Gasteiger partial charge is 0.487 e. The van der Waals surface area contributed by atoms with Crippen LogP contribution in [-0.4, -0.2) is 30.8 Å². The Hall–Kier alpha value is -3.86. The van der Waals surface area contributed by atoms with Crippen molar-refractivity contribution in [2.75, 3.05) is 5.32 Å². The molecule has 146 valence electrons. The molecule has 0 unspecified atom stereocenters. The van der Waals surface area contributed by atoms with Crippen LogP contribution in [0.1, 0.15) is 5.69 Å². The second-order valence-corrected chi connectivity index (χ2v) is 7.01. The Morgan fingerprint density at radius 1 is 1.21 bits per heavy atom. The van der Waals surface area contributed by atoms with Crippen LogP contribution in [0.4, 0.5) is 10.8 Å². The SMILES string of the molecule is O=C(Cn1cc(COc2ccc([N+](=O)[O-])cc2)nn1)Nc1nc2ccccc2s1. The van der Waals surface area contributed by atoms with E-state index in [1.54, 1.807) is 6.20 Å². The Kier molecular flexibility index (Phi) is 5.12. The van der Waals surface area contributed by atoms with E-state index in [0.29, 0.717) is 16.6 Å². The van der Waals surface area contributed by atoms with Crippen LogP contribution in [0.3, 0.4) is 0 Å². The van der Waals surface area contributed by atoms with E-state index < -0.39 is 4.92 Å². The molecule has 4 rings (SSSR count). The number of amides is 1. The molecule has 1 N–H and O–H groups in total. The van der Waals surface area contributed by atoms with E-state index in [0.717, 1.165) is 10.2 Å². The van der Waals surface area contributed by atoms with Gasteiger partial charge in [0, 0.05) is 12.1 Å². The number of aromatic nitrogens is 4. The summed E-state index contributed by atoms with van der Waals surface area (Å²) in [6.07, 6.45) is 1.60. The van der Waals surface area contributed by atoms with Gasteiger partial charge in [0.2, 0.25) is 5.91 Å². The van der Waals surface area contributed by atoms with Crippen LogP contribution < -0.4 is 10.1 Å². The number of nitrogens with zero attached hydrogens (tertiary/aromatic N) is 5. The molecule has 0 saturated heterocycles. The van der Waals surface area contributed by atoms with Crippen LogP contribution in [0.5, 0.6) is 5.75 Å². The molecule has 0 spiro atoms. The lowest BCUT2D eigenvalue weighted by atomic mass is 10.3. The van der Waals surface area contributed by atoms with Gasteiger partial charge in [-0.3, -0.25) is 14.9 Å². The predicted octanol–water partition coefficient (Wildman–Crippen LogP) is 3.01. The number of carbonyl (C=O) groups excluding carboxylic acids is 1. The highest BCUT2D eigenvalue weighted by Gasteiger charge is 2.10. The smallest absolute Gasteiger partial charge is 0.269 e. The number of nitro groups is 1. The van der Waals surface area contributed by atoms with Crippen LogP contribution in [0.15, 0.2) is 54.7 Å². The number of nitro benzene ring substituents is 1. The van der Waals surface area contributed by atoms with E-state index >= 15 is 0 Å². The van der Waals surface area contributed by atoms with Gasteiger partial charge in [0.25, 0.3) is 5.69 Å². The summed E-state index contributed by atoms with van der Waals surface area (Å²) in [4.78, 5) is 26.7. The highest BCUT2D eigenvalue weighted by Crippen LogP contribution is 2.25. The van der Waals surface area contributed by atoms with E-state index in [1.165, 1.54) is 40.3 Å². The monoisotopic (exact) mass is 410 g/mol. The van der Waals surface area contributed by atoms with Crippen molar-refractivity contribution < 1.29 is 14.5 Å². The number of carbonyl (C=O) groups is 1. The van der Waals surface area contributed by atoms with Crippen molar-refractivity contribution in [3.05, 3.63) is 70.5 Å². The van der Waals surface area contributed by atoms with E-state index in [1.807, 2.05) is 24.3 Å². The molecule has 0 aliphatic rings. The van der Waals surface area contributed by atoms with Gasteiger partial charge < -0.3 is 10.1 Å². The zero-order chi connectivity index (χ0) is 20.2. The van der Waals surface area contributed by atoms with Crippen LogP contribution in [-0.2, 0) is 17.9 Å². The maximum atomic E-state index is 12.2. The first kappa shape index (κ1) is 18.5. The fraction of sp³-hybridized carbons (Fsp3) is 0.111. The Bertz CT molecular complexity index is 1140. The summed E-state index contributed by atoms with van der Waals surface area (Å²) in [5.74, 6) is 0.204. The highest BCUT2D eigenvalue weighted by atomic mass is 32.1. The van der Waals surface area contributed by atoms with E-state index in [4.69, 9.17) is 4.74 Å². The summed E-state index contributed by atoms with van der Waals surface area (Å²) < 4.78 is 7.92. The van der Waals surface area contributed by atoms with E-state index in [2.05, 4.69) is 20.6 Å². The third kappa shape index (κ3) is 4.52. The minimum absolute atomic E-state index is 0.0116. The molecule has 4 aromatic rings. The highest BCUT2D eigenvalue weighted by molar-refractivity contribution is 7.22. The molecule has 29 heavy (non-hydrogen) atoms. The Balaban J connectivity index is 1.31. The standard InChI is InChI=1S/C18H14N6O4S/c25-17(20-18-19-15-3-1-2-4-16(15)29-18)10-23-9-12(21-22-23)11-28-14-7-5-13(6-8-14)24(26)27/h1-9H,10-11H2,(H,19,20,25). The molecule has 11 heteroatoms. The molecule has 0 saturated carbocycles. The first-order chi connectivity index (χ1) is 14.1. The topological polar surface area (TPSA) is 125 Å². The number of nitrogens with one attached hydrogen (secondary N) is 1. The molecule has 0 aliphatic heterocycles. The van der Waals surface area contributed by atoms with Crippen molar-refractivity contribution in [3.8, 4) is 5.75 Å². The van der Waals surface area contributed by atoms with Crippen molar-refractivity contribution in [3.63, 3.8) is 0 Å². The van der Waals surface area contributed by atoms with Crippen LogP contribution in [0, 0.1) is 10.1 Å². The zero-order valence-electron chi connectivity index (χ0n) is 14.9. The molecule has 0 bridgehead atoms. The lowest BCUT2D eigenvalue weighted by Gasteiger charge is -2.03. The van der Waals surface area contributed by atoms with E-state index in [9.17, 15) is 14.9 Å². The van der Waals surface area contributed by atoms with Gasteiger partial charge in [0.15, 0.2) is 5.13 Å². The molecule has 2 heterocycles. The molecule has 0 fully saturated rings. The molecule has 0 aliphatic carbocycles. The number of benzene rings is 2. The van der Waals surface area contributed by atoms with Crippen molar-refractivity contribution >= 4 is 38.3 Å². The van der Waals surface area contributed by atoms with Gasteiger partial charge in [0.1, 0.15) is 24.6 Å². The Morgan fingerprint density at radius 3 is 2.76 bits per heavy atom. The molecular weight excluding hydrogens is 396 g/mol. The zero-order valence-corrected chi connectivity index (χ0v) is 15.7. The number of hydrogen-bond donors (Lipinski definition) is 1. The summed E-state index contributed by atoms with van der Waals surface area (Å²) in [7, 11) is 0. The lowest BCUT2D eigenvalue weighted by molar-refractivity contribution is -0.384. The normalized spacial score (nSPS) is 10.8. The van der Waals surface area contributed by atoms with Crippen molar-refractivity contribution in [2.45, 2.75) is 13.2 Å². The van der Waals surface area contributed by atoms with Gasteiger partial charge >= 0.3 is 0 Å². The number of rotatable bonds is 7. The molecular formula is C18H14N6O4S. The number of anilines is 1. The first-order valence-electron chi connectivity index (χ1n) is 8.48. The average Bonchev–Trinajstić information content (AvgIpc) is 3.32. The van der Waals surface area contributed by atoms with Gasteiger partial charge in [0.05, 0.1) is 21.3 Å². The van der Waals surface area contributed by atoms with Gasteiger partial charge in [-0.25, -0.2) is 9.67 Å². The van der Waals surface area contributed by atoms with Crippen molar-refractivity contribution in [1.29, 1.82) is 0 Å². The number of thiazole rings is 1. The molecule has 10 nitrogen and oxygen atoms in total. The Morgan fingerprint density at radius 2 is 2.00 bits per heavy atom. The Labute approximate surface area is 167 Å². The second kappa shape index (κ2) is 8.02. The molecule has 2 aromatic carbocycles. The lowest BCUT2D eigenvalue weighted by Crippen LogP contribution is -2.19. The van der Waals surface area contributed by atoms with Gasteiger partial charge in [-0.15, -0.1) is 5.10 Å². The van der Waals surface area contributed by atoms with E-state index in [-0.39, 0.29) is 24.7 Å². The summed E-state index contributed by atoms with van der Waals surface area (Å²) in [5, 5.41) is 21.8. The molecule has 1 amide bonds. The average molecular weight is 410 g/mol.